The zero-order valence-corrected chi connectivity index (χ0v) is 16.5. The van der Waals surface area contributed by atoms with Crippen molar-refractivity contribution in [2.75, 3.05) is 32.8 Å². The molecule has 0 bridgehead atoms. The number of aryl methyl sites for hydroxylation is 1. The Labute approximate surface area is 165 Å². The number of carbonyl (C=O) groups excluding carboxylic acids is 2. The van der Waals surface area contributed by atoms with Crippen LogP contribution in [0.15, 0.2) is 30.5 Å². The van der Waals surface area contributed by atoms with Gasteiger partial charge in [0.2, 0.25) is 11.8 Å². The molecular weight excluding hydrogens is 354 g/mol. The lowest BCUT2D eigenvalue weighted by Crippen LogP contribution is -2.52. The molecular formula is C22H29N3O3. The number of fused-ring (bicyclic) bond motifs is 2. The van der Waals surface area contributed by atoms with Crippen LogP contribution in [0.5, 0.6) is 0 Å². The minimum Gasteiger partial charge on any atom is -0.396 e. The Bertz CT molecular complexity index is 877. The molecule has 150 valence electrons. The van der Waals surface area contributed by atoms with Crippen molar-refractivity contribution in [1.29, 1.82) is 0 Å². The summed E-state index contributed by atoms with van der Waals surface area (Å²) in [6.07, 6.45) is 5.10. The Balaban J connectivity index is 1.34. The van der Waals surface area contributed by atoms with Crippen molar-refractivity contribution in [2.45, 2.75) is 32.6 Å². The molecule has 1 aromatic carbocycles. The number of aromatic nitrogens is 1. The van der Waals surface area contributed by atoms with Gasteiger partial charge in [0, 0.05) is 62.0 Å². The smallest absolute Gasteiger partial charge is 0.222 e. The van der Waals surface area contributed by atoms with Crippen LogP contribution in [-0.2, 0) is 16.0 Å². The molecule has 2 atom stereocenters. The van der Waals surface area contributed by atoms with Gasteiger partial charge in [0.25, 0.3) is 0 Å². The van der Waals surface area contributed by atoms with E-state index in [9.17, 15) is 14.7 Å². The van der Waals surface area contributed by atoms with Gasteiger partial charge < -0.3 is 19.9 Å². The summed E-state index contributed by atoms with van der Waals surface area (Å²) < 4.78 is 0. The lowest BCUT2D eigenvalue weighted by molar-refractivity contribution is -0.136. The minimum absolute atomic E-state index is 0.0283. The van der Waals surface area contributed by atoms with Crippen molar-refractivity contribution in [1.82, 2.24) is 14.8 Å². The number of benzene rings is 1. The number of hydrogen-bond donors (Lipinski definition) is 2. The van der Waals surface area contributed by atoms with E-state index < -0.39 is 0 Å². The van der Waals surface area contributed by atoms with E-state index in [1.807, 2.05) is 28.1 Å². The van der Waals surface area contributed by atoms with Gasteiger partial charge in [0.1, 0.15) is 0 Å². The van der Waals surface area contributed by atoms with Gasteiger partial charge in [-0.25, -0.2) is 0 Å². The van der Waals surface area contributed by atoms with Gasteiger partial charge in [0.15, 0.2) is 0 Å². The maximum absolute atomic E-state index is 12.8. The minimum atomic E-state index is -0.351. The Morgan fingerprint density at radius 2 is 2.04 bits per heavy atom. The Morgan fingerprint density at radius 1 is 1.25 bits per heavy atom. The summed E-state index contributed by atoms with van der Waals surface area (Å²) in [5.74, 6) is 0.503. The topological polar surface area (TPSA) is 76.6 Å². The zero-order valence-electron chi connectivity index (χ0n) is 16.5. The molecule has 6 nitrogen and oxygen atoms in total. The van der Waals surface area contributed by atoms with E-state index >= 15 is 0 Å². The predicted octanol–water partition coefficient (Wildman–Crippen LogP) is 2.18. The number of aromatic amines is 1. The van der Waals surface area contributed by atoms with Crippen LogP contribution in [0.2, 0.25) is 0 Å². The second-order valence-corrected chi connectivity index (χ2v) is 8.43. The van der Waals surface area contributed by atoms with E-state index in [1.54, 1.807) is 6.92 Å². The van der Waals surface area contributed by atoms with Crippen molar-refractivity contribution in [3.8, 4) is 0 Å². The molecule has 0 unspecified atom stereocenters. The molecule has 2 saturated heterocycles. The summed E-state index contributed by atoms with van der Waals surface area (Å²) in [7, 11) is 0. The molecule has 0 aliphatic carbocycles. The number of likely N-dealkylation sites (tertiary alicyclic amines) is 2. The van der Waals surface area contributed by atoms with Crippen LogP contribution in [0.3, 0.4) is 0 Å². The standard InChI is InChI=1S/C22H29N3O3/c1-16(27)25-12-18-9-10-24(13-22(18,14-25)15-26)21(28)8-4-5-17-11-23-20-7-3-2-6-19(17)20/h2-3,6-7,11,18,23,26H,4-5,8-10,12-15H2,1H3/t18-,22+/m1/s1. The first kappa shape index (κ1) is 19.0. The lowest BCUT2D eigenvalue weighted by Gasteiger charge is -2.43. The number of para-hydroxylation sites is 1. The third kappa shape index (κ3) is 3.41. The molecule has 2 amide bonds. The van der Waals surface area contributed by atoms with E-state index in [-0.39, 0.29) is 29.8 Å². The van der Waals surface area contributed by atoms with Gasteiger partial charge in [0.05, 0.1) is 6.61 Å². The maximum atomic E-state index is 12.8. The number of H-pyrrole nitrogens is 1. The van der Waals surface area contributed by atoms with Crippen LogP contribution in [0.25, 0.3) is 10.9 Å². The molecule has 2 aliphatic rings. The van der Waals surface area contributed by atoms with Crippen molar-refractivity contribution in [2.24, 2.45) is 11.3 Å². The highest BCUT2D eigenvalue weighted by Gasteiger charge is 2.50. The summed E-state index contributed by atoms with van der Waals surface area (Å²) in [6.45, 7) is 4.16. The summed E-state index contributed by atoms with van der Waals surface area (Å²) in [5, 5.41) is 11.3. The molecule has 2 fully saturated rings. The van der Waals surface area contributed by atoms with E-state index in [4.69, 9.17) is 0 Å². The number of nitrogens with zero attached hydrogens (tertiary/aromatic N) is 2. The van der Waals surface area contributed by atoms with Gasteiger partial charge in [-0.05, 0) is 36.8 Å². The van der Waals surface area contributed by atoms with Crippen LogP contribution in [0.4, 0.5) is 0 Å². The fourth-order valence-electron chi connectivity index (χ4n) is 4.99. The van der Waals surface area contributed by atoms with Crippen LogP contribution in [-0.4, -0.2) is 64.5 Å². The summed E-state index contributed by atoms with van der Waals surface area (Å²) in [4.78, 5) is 31.6. The highest BCUT2D eigenvalue weighted by molar-refractivity contribution is 5.83. The molecule has 2 aliphatic heterocycles. The van der Waals surface area contributed by atoms with Crippen molar-refractivity contribution in [3.05, 3.63) is 36.0 Å². The predicted molar refractivity (Wildman–Crippen MR) is 108 cm³/mol. The molecule has 2 N–H and O–H groups in total. The maximum Gasteiger partial charge on any atom is 0.222 e. The molecule has 0 spiro atoms. The van der Waals surface area contributed by atoms with Crippen LogP contribution >= 0.6 is 0 Å². The quantitative estimate of drug-likeness (QED) is 0.831. The second-order valence-electron chi connectivity index (χ2n) is 8.43. The number of aliphatic hydroxyl groups is 1. The fourth-order valence-corrected chi connectivity index (χ4v) is 4.99. The highest BCUT2D eigenvalue weighted by Crippen LogP contribution is 2.42. The van der Waals surface area contributed by atoms with Gasteiger partial charge in [-0.3, -0.25) is 9.59 Å². The molecule has 3 heterocycles. The normalized spacial score (nSPS) is 24.6. The number of rotatable bonds is 5. The molecule has 1 aromatic heterocycles. The van der Waals surface area contributed by atoms with Gasteiger partial charge in [-0.2, -0.15) is 0 Å². The lowest BCUT2D eigenvalue weighted by atomic mass is 9.74. The number of carbonyl (C=O) groups is 2. The van der Waals surface area contributed by atoms with E-state index in [0.29, 0.717) is 26.1 Å². The largest absolute Gasteiger partial charge is 0.396 e. The van der Waals surface area contributed by atoms with Crippen LogP contribution < -0.4 is 0 Å². The zero-order chi connectivity index (χ0) is 19.7. The Hall–Kier alpha value is -2.34. The van der Waals surface area contributed by atoms with Crippen molar-refractivity contribution >= 4 is 22.7 Å². The fraction of sp³-hybridized carbons (Fsp3) is 0.545. The summed E-state index contributed by atoms with van der Waals surface area (Å²) in [6, 6.07) is 8.23. The summed E-state index contributed by atoms with van der Waals surface area (Å²) in [5.41, 5.74) is 2.03. The molecule has 6 heteroatoms. The third-order valence-corrected chi connectivity index (χ3v) is 6.69. The Morgan fingerprint density at radius 3 is 2.82 bits per heavy atom. The van der Waals surface area contributed by atoms with Gasteiger partial charge in [-0.1, -0.05) is 18.2 Å². The number of piperidine rings is 1. The monoisotopic (exact) mass is 383 g/mol. The van der Waals surface area contributed by atoms with E-state index in [2.05, 4.69) is 17.1 Å². The SMILES string of the molecule is CC(=O)N1C[C@H]2CCN(C(=O)CCCc3c[nH]c4ccccc34)C[C@@]2(CO)C1. The molecule has 0 radical (unpaired) electrons. The number of nitrogens with one attached hydrogen (secondary N) is 1. The van der Waals surface area contributed by atoms with Crippen molar-refractivity contribution in [3.63, 3.8) is 0 Å². The second kappa shape index (κ2) is 7.59. The van der Waals surface area contributed by atoms with Crippen molar-refractivity contribution < 1.29 is 14.7 Å². The first-order chi connectivity index (χ1) is 13.5. The average molecular weight is 383 g/mol. The molecule has 0 saturated carbocycles. The van der Waals surface area contributed by atoms with Gasteiger partial charge in [-0.15, -0.1) is 0 Å². The molecule has 2 aromatic rings. The van der Waals surface area contributed by atoms with Crippen LogP contribution in [0.1, 0.15) is 31.7 Å². The Kier molecular flexibility index (Phi) is 5.15. The van der Waals surface area contributed by atoms with E-state index in [1.165, 1.54) is 10.9 Å². The van der Waals surface area contributed by atoms with Crippen LogP contribution in [0, 0.1) is 11.3 Å². The first-order valence-corrected chi connectivity index (χ1v) is 10.2. The highest BCUT2D eigenvalue weighted by atomic mass is 16.3. The van der Waals surface area contributed by atoms with Gasteiger partial charge >= 0.3 is 0 Å². The molecule has 4 rings (SSSR count). The number of aliphatic hydroxyl groups excluding tert-OH is 1. The summed E-state index contributed by atoms with van der Waals surface area (Å²) >= 11 is 0. The number of hydrogen-bond acceptors (Lipinski definition) is 3. The molecule has 28 heavy (non-hydrogen) atoms. The average Bonchev–Trinajstić information content (AvgIpc) is 3.29. The van der Waals surface area contributed by atoms with E-state index in [0.717, 1.165) is 31.3 Å². The third-order valence-electron chi connectivity index (χ3n) is 6.69. The number of amides is 2. The first-order valence-electron chi connectivity index (χ1n) is 10.2.